The molecule has 6 aliphatic rings. The van der Waals surface area contributed by atoms with Crippen molar-refractivity contribution in [1.82, 2.24) is 0 Å². The van der Waals surface area contributed by atoms with Gasteiger partial charge in [0.1, 0.15) is 0 Å². The van der Waals surface area contributed by atoms with E-state index in [-0.39, 0.29) is 68.2 Å². The maximum Gasteiger partial charge on any atom is 0.308 e. The van der Waals surface area contributed by atoms with Crippen molar-refractivity contribution in [3.05, 3.63) is 57.4 Å². The van der Waals surface area contributed by atoms with Crippen molar-refractivity contribution in [1.29, 1.82) is 0 Å². The second kappa shape index (κ2) is 20.8. The van der Waals surface area contributed by atoms with Crippen LogP contribution < -0.4 is 24.8 Å². The fraction of sp³-hybridized carbons (Fsp3) is 0.667. The van der Waals surface area contributed by atoms with Crippen LogP contribution in [-0.4, -0.2) is 22.2 Å². The van der Waals surface area contributed by atoms with E-state index in [2.05, 4.69) is 12.8 Å². The summed E-state index contributed by atoms with van der Waals surface area (Å²) in [7, 11) is 0. The van der Waals surface area contributed by atoms with Gasteiger partial charge in [-0.1, -0.05) is 49.7 Å². The first-order valence-electron chi connectivity index (χ1n) is 15.8. The Morgan fingerprint density at radius 3 is 1.09 bits per heavy atom. The maximum atomic E-state index is 10.0. The smallest absolute Gasteiger partial charge is 0.308 e. The van der Waals surface area contributed by atoms with Gasteiger partial charge in [0.25, 0.3) is 0 Å². The number of carbonyl (C=O) groups is 2. The van der Waals surface area contributed by atoms with Gasteiger partial charge >= 0.3 is 11.9 Å². The third kappa shape index (κ3) is 13.4. The molecule has 0 amide bonds. The minimum atomic E-state index is -0.757. The predicted molar refractivity (Wildman–Crippen MR) is 165 cm³/mol. The van der Waals surface area contributed by atoms with Crippen molar-refractivity contribution in [3.8, 4) is 0 Å². The largest absolute Gasteiger partial charge is 1.00 e. The average Bonchev–Trinajstić information content (AvgIpc) is 3.47. The third-order valence-corrected chi connectivity index (χ3v) is 8.80. The molecule has 0 saturated carbocycles. The van der Waals surface area contributed by atoms with Crippen LogP contribution in [0.1, 0.15) is 144 Å². The van der Waals surface area contributed by atoms with Crippen molar-refractivity contribution in [2.24, 2.45) is 10.8 Å². The number of hydrogen-bond acceptors (Lipinski definition) is 2. The number of carboxylic acid groups (broad SMARTS) is 2. The Morgan fingerprint density at radius 2 is 0.795 bits per heavy atom. The van der Waals surface area contributed by atoms with E-state index in [1.165, 1.54) is 103 Å². The topological polar surface area (TPSA) is 74.6 Å². The molecule has 0 aliphatic heterocycles. The molecule has 6 aliphatic carbocycles. The Kier molecular flexibility index (Phi) is 21.6. The molecule has 0 aromatic rings. The molecule has 0 atom stereocenters. The standard InChI is InChI=1S/2C13H17.2C5H10O2.2ClH.2Ti/c2*1-3-7-12-10(5-1)9-11-6-2-4-8-13(11)12;2*1-5(2,3)4(6)7;;;;/h2*5H,1-4,6-9H2;2*1-3H3,(H,6,7);2*1H;;/q2*-1;;;;;;/p-2. The molecule has 0 radical (unpaired) electrons. The van der Waals surface area contributed by atoms with Crippen molar-refractivity contribution >= 4 is 11.9 Å². The molecular formula is C36H54Cl2O4Ti2-4. The van der Waals surface area contributed by atoms with E-state index >= 15 is 0 Å². The van der Waals surface area contributed by atoms with Crippen molar-refractivity contribution < 1.29 is 88.1 Å². The van der Waals surface area contributed by atoms with Gasteiger partial charge in [0.05, 0.1) is 10.8 Å². The molecule has 0 bridgehead atoms. The number of halogens is 2. The molecule has 8 heteroatoms. The molecule has 2 N–H and O–H groups in total. The molecule has 0 heterocycles. The molecule has 0 saturated heterocycles. The molecule has 4 nitrogen and oxygen atoms in total. The summed E-state index contributed by atoms with van der Waals surface area (Å²) in [6.45, 7) is 9.97. The second-order valence-corrected chi connectivity index (χ2v) is 14.2. The van der Waals surface area contributed by atoms with E-state index in [9.17, 15) is 9.59 Å². The first-order chi connectivity index (χ1) is 18.8. The number of aliphatic carboxylic acids is 2. The summed E-state index contributed by atoms with van der Waals surface area (Å²) >= 11 is 0. The zero-order valence-electron chi connectivity index (χ0n) is 27.9. The van der Waals surface area contributed by atoms with Gasteiger partial charge in [0, 0.05) is 43.4 Å². The summed E-state index contributed by atoms with van der Waals surface area (Å²) in [5.74, 6) is -1.51. The van der Waals surface area contributed by atoms with Gasteiger partial charge in [-0.25, -0.2) is 24.0 Å². The number of hydrogen-bond donors (Lipinski definition) is 2. The van der Waals surface area contributed by atoms with Gasteiger partial charge in [-0.2, -0.15) is 11.1 Å². The summed E-state index contributed by atoms with van der Waals surface area (Å²) in [5, 5.41) is 16.5. The fourth-order valence-corrected chi connectivity index (χ4v) is 6.24. The Labute approximate surface area is 310 Å². The van der Waals surface area contributed by atoms with Gasteiger partial charge in [0.2, 0.25) is 0 Å². The third-order valence-electron chi connectivity index (χ3n) is 8.80. The van der Waals surface area contributed by atoms with Crippen molar-refractivity contribution in [3.63, 3.8) is 0 Å². The Hall–Kier alpha value is -0.351. The van der Waals surface area contributed by atoms with E-state index < -0.39 is 22.8 Å². The molecule has 0 aromatic carbocycles. The van der Waals surface area contributed by atoms with Crippen LogP contribution in [0.5, 0.6) is 0 Å². The van der Waals surface area contributed by atoms with Gasteiger partial charge in [-0.15, -0.1) is 24.0 Å². The maximum absolute atomic E-state index is 10.0. The van der Waals surface area contributed by atoms with E-state index in [1.807, 2.05) is 0 Å². The second-order valence-electron chi connectivity index (χ2n) is 14.2. The number of allylic oxidation sites excluding steroid dienone is 8. The van der Waals surface area contributed by atoms with E-state index in [0.29, 0.717) is 0 Å². The first kappa shape index (κ1) is 45.8. The summed E-state index contributed by atoms with van der Waals surface area (Å²) in [4.78, 5) is 20.0. The van der Waals surface area contributed by atoms with E-state index in [4.69, 9.17) is 10.2 Å². The average molecular weight is 717 g/mol. The van der Waals surface area contributed by atoms with Crippen LogP contribution in [0.3, 0.4) is 0 Å². The molecule has 0 spiro atoms. The fourth-order valence-electron chi connectivity index (χ4n) is 6.24. The zero-order chi connectivity index (χ0) is 29.5. The summed E-state index contributed by atoms with van der Waals surface area (Å²) in [6, 6.07) is 0. The number of rotatable bonds is 0. The minimum absolute atomic E-state index is 0. The zero-order valence-corrected chi connectivity index (χ0v) is 32.6. The van der Waals surface area contributed by atoms with E-state index in [0.717, 1.165) is 0 Å². The normalized spacial score (nSPS) is 19.6. The number of fused-ring (bicyclic) bond motifs is 2. The summed E-state index contributed by atoms with van der Waals surface area (Å²) in [6.07, 6.45) is 27.2. The van der Waals surface area contributed by atoms with Gasteiger partial charge < -0.3 is 35.0 Å². The van der Waals surface area contributed by atoms with Crippen LogP contribution >= 0.6 is 0 Å². The van der Waals surface area contributed by atoms with Gasteiger partial charge in [-0.05, 0) is 92.9 Å². The molecule has 0 fully saturated rings. The van der Waals surface area contributed by atoms with Gasteiger partial charge in [0.15, 0.2) is 0 Å². The van der Waals surface area contributed by atoms with Gasteiger partial charge in [-0.3, -0.25) is 9.59 Å². The molecule has 0 aromatic heterocycles. The Bertz CT molecular complexity index is 942. The van der Waals surface area contributed by atoms with Crippen molar-refractivity contribution in [2.75, 3.05) is 0 Å². The number of carboxylic acids is 2. The SMILES string of the molecule is CC(C)(C)C(=O)O.CC(C)(C)C(=O)O.[CH-]1CCCC2=C1CC1=C2CCCC1.[CH-]1CCCC2=C1CC1=C2CCCC1.[Cl-].[Cl-].[Ti].[Ti]. The summed E-state index contributed by atoms with van der Waals surface area (Å²) < 4.78 is 0. The molecule has 6 rings (SSSR count). The minimum Gasteiger partial charge on any atom is -1.00 e. The molecular weight excluding hydrogens is 663 g/mol. The quantitative estimate of drug-likeness (QED) is 0.292. The monoisotopic (exact) mass is 716 g/mol. The Morgan fingerprint density at radius 1 is 0.523 bits per heavy atom. The van der Waals surface area contributed by atoms with Crippen LogP contribution in [0.15, 0.2) is 44.6 Å². The van der Waals surface area contributed by atoms with Crippen LogP contribution in [0.4, 0.5) is 0 Å². The molecule has 248 valence electrons. The molecule has 44 heavy (non-hydrogen) atoms. The predicted octanol–water partition coefficient (Wildman–Crippen LogP) is 4.13. The summed E-state index contributed by atoms with van der Waals surface area (Å²) in [5.41, 5.74) is 13.0. The Balaban J connectivity index is 0. The van der Waals surface area contributed by atoms with Crippen LogP contribution in [0.2, 0.25) is 0 Å². The van der Waals surface area contributed by atoms with Crippen LogP contribution in [0.25, 0.3) is 0 Å². The van der Waals surface area contributed by atoms with Crippen LogP contribution in [-0.2, 0) is 53.0 Å². The van der Waals surface area contributed by atoms with E-state index in [1.54, 1.807) is 86.1 Å². The molecule has 0 unspecified atom stereocenters. The van der Waals surface area contributed by atoms with Crippen molar-refractivity contribution in [2.45, 2.75) is 144 Å². The van der Waals surface area contributed by atoms with Crippen LogP contribution in [0, 0.1) is 23.7 Å². The first-order valence-corrected chi connectivity index (χ1v) is 15.8.